The molecule has 0 radical (unpaired) electrons. The molecule has 0 spiro atoms. The summed E-state index contributed by atoms with van der Waals surface area (Å²) in [5.74, 6) is 0.815. The molecule has 6 heteroatoms. The molecule has 0 unspecified atom stereocenters. The third-order valence-corrected chi connectivity index (χ3v) is 2.33. The molecule has 78 valence electrons. The minimum absolute atomic E-state index is 0.0610. The Morgan fingerprint density at radius 3 is 2.86 bits per heavy atom. The second kappa shape index (κ2) is 5.64. The van der Waals surface area contributed by atoms with Gasteiger partial charge in [-0.05, 0) is 6.42 Å². The molecule has 0 aromatic carbocycles. The number of aliphatic carboxylic acids is 1. The van der Waals surface area contributed by atoms with Crippen LogP contribution < -0.4 is 0 Å². The van der Waals surface area contributed by atoms with E-state index in [4.69, 9.17) is 9.52 Å². The molecule has 0 fully saturated rings. The summed E-state index contributed by atoms with van der Waals surface area (Å²) >= 11 is 1.25. The number of thioether (sulfide) groups is 1. The lowest BCUT2D eigenvalue weighted by molar-refractivity contribution is -0.133. The fraction of sp³-hybridized carbons (Fsp3) is 0.625. The quantitative estimate of drug-likeness (QED) is 0.773. The summed E-state index contributed by atoms with van der Waals surface area (Å²) < 4.78 is 5.27. The molecule has 1 aromatic rings. The molecule has 0 aliphatic carbocycles. The summed E-state index contributed by atoms with van der Waals surface area (Å²) in [5.41, 5.74) is 0. The Morgan fingerprint density at radius 2 is 2.21 bits per heavy atom. The van der Waals surface area contributed by atoms with Crippen LogP contribution >= 0.6 is 11.8 Å². The first kappa shape index (κ1) is 11.0. The SMILES string of the molecule is CCCc1nnc(CSCC(=O)O)o1. The number of aryl methyl sites for hydroxylation is 1. The zero-order chi connectivity index (χ0) is 10.4. The molecule has 1 aromatic heterocycles. The van der Waals surface area contributed by atoms with Gasteiger partial charge in [0.2, 0.25) is 11.8 Å². The van der Waals surface area contributed by atoms with Crippen molar-refractivity contribution in [1.29, 1.82) is 0 Å². The Labute approximate surface area is 85.9 Å². The number of carboxylic acid groups (broad SMARTS) is 1. The van der Waals surface area contributed by atoms with Gasteiger partial charge in [0.15, 0.2) is 0 Å². The van der Waals surface area contributed by atoms with Crippen LogP contribution in [0, 0.1) is 0 Å². The van der Waals surface area contributed by atoms with E-state index in [1.165, 1.54) is 11.8 Å². The molecule has 0 bridgehead atoms. The predicted octanol–water partition coefficient (Wildman–Crippen LogP) is 1.34. The van der Waals surface area contributed by atoms with Gasteiger partial charge in [0.1, 0.15) is 0 Å². The first-order valence-corrected chi connectivity index (χ1v) is 5.48. The van der Waals surface area contributed by atoms with Crippen LogP contribution in [0.3, 0.4) is 0 Å². The lowest BCUT2D eigenvalue weighted by Crippen LogP contribution is -1.98. The summed E-state index contributed by atoms with van der Waals surface area (Å²) in [6.07, 6.45) is 1.74. The van der Waals surface area contributed by atoms with Crippen molar-refractivity contribution in [3.63, 3.8) is 0 Å². The number of hydrogen-bond acceptors (Lipinski definition) is 5. The molecule has 14 heavy (non-hydrogen) atoms. The van der Waals surface area contributed by atoms with Crippen molar-refractivity contribution in [1.82, 2.24) is 10.2 Å². The molecule has 0 saturated heterocycles. The van der Waals surface area contributed by atoms with Crippen molar-refractivity contribution in [2.45, 2.75) is 25.5 Å². The monoisotopic (exact) mass is 216 g/mol. The number of carbonyl (C=O) groups is 1. The van der Waals surface area contributed by atoms with Gasteiger partial charge in [0, 0.05) is 6.42 Å². The molecular weight excluding hydrogens is 204 g/mol. The van der Waals surface area contributed by atoms with Gasteiger partial charge in [0.05, 0.1) is 11.5 Å². The van der Waals surface area contributed by atoms with E-state index in [2.05, 4.69) is 10.2 Å². The molecular formula is C8H12N2O3S. The fourth-order valence-corrected chi connectivity index (χ4v) is 1.46. The third-order valence-electron chi connectivity index (χ3n) is 1.42. The van der Waals surface area contributed by atoms with Gasteiger partial charge in [-0.2, -0.15) is 0 Å². The van der Waals surface area contributed by atoms with Gasteiger partial charge >= 0.3 is 5.97 Å². The molecule has 0 saturated carbocycles. The van der Waals surface area contributed by atoms with E-state index in [0.29, 0.717) is 17.5 Å². The number of rotatable bonds is 6. The topological polar surface area (TPSA) is 76.2 Å². The van der Waals surface area contributed by atoms with Gasteiger partial charge in [-0.15, -0.1) is 22.0 Å². The molecule has 1 rings (SSSR count). The van der Waals surface area contributed by atoms with Crippen molar-refractivity contribution in [2.24, 2.45) is 0 Å². The second-order valence-electron chi connectivity index (χ2n) is 2.73. The average molecular weight is 216 g/mol. The number of aromatic nitrogens is 2. The van der Waals surface area contributed by atoms with Crippen molar-refractivity contribution in [3.8, 4) is 0 Å². The van der Waals surface area contributed by atoms with E-state index in [-0.39, 0.29) is 5.75 Å². The lowest BCUT2D eigenvalue weighted by atomic mass is 10.3. The minimum Gasteiger partial charge on any atom is -0.481 e. The number of nitrogens with zero attached hydrogens (tertiary/aromatic N) is 2. The van der Waals surface area contributed by atoms with Crippen LogP contribution in [0.4, 0.5) is 0 Å². The van der Waals surface area contributed by atoms with Gasteiger partial charge < -0.3 is 9.52 Å². The summed E-state index contributed by atoms with van der Waals surface area (Å²) in [6.45, 7) is 2.03. The molecule has 0 aliphatic rings. The van der Waals surface area contributed by atoms with E-state index in [0.717, 1.165) is 12.8 Å². The van der Waals surface area contributed by atoms with Crippen LogP contribution in [-0.4, -0.2) is 27.0 Å². The minimum atomic E-state index is -0.830. The van der Waals surface area contributed by atoms with E-state index in [1.807, 2.05) is 6.92 Å². The van der Waals surface area contributed by atoms with Crippen LogP contribution in [-0.2, 0) is 17.0 Å². The van der Waals surface area contributed by atoms with E-state index in [9.17, 15) is 4.79 Å². The third kappa shape index (κ3) is 3.78. The van der Waals surface area contributed by atoms with Crippen LogP contribution in [0.1, 0.15) is 25.1 Å². The second-order valence-corrected chi connectivity index (χ2v) is 3.71. The highest BCUT2D eigenvalue weighted by Crippen LogP contribution is 2.11. The van der Waals surface area contributed by atoms with E-state index in [1.54, 1.807) is 0 Å². The summed E-state index contributed by atoms with van der Waals surface area (Å²) in [7, 11) is 0. The first-order chi connectivity index (χ1) is 6.72. The molecule has 0 aliphatic heterocycles. The van der Waals surface area contributed by atoms with Gasteiger partial charge in [0.25, 0.3) is 0 Å². The normalized spacial score (nSPS) is 10.4. The highest BCUT2D eigenvalue weighted by Gasteiger charge is 2.06. The highest BCUT2D eigenvalue weighted by molar-refractivity contribution is 7.99. The van der Waals surface area contributed by atoms with Crippen LogP contribution in [0.2, 0.25) is 0 Å². The lowest BCUT2D eigenvalue weighted by Gasteiger charge is -1.91. The molecule has 1 heterocycles. The fourth-order valence-electron chi connectivity index (χ4n) is 0.887. The highest BCUT2D eigenvalue weighted by atomic mass is 32.2. The smallest absolute Gasteiger partial charge is 0.313 e. The van der Waals surface area contributed by atoms with Crippen molar-refractivity contribution >= 4 is 17.7 Å². The Hall–Kier alpha value is -1.04. The first-order valence-electron chi connectivity index (χ1n) is 4.33. The molecule has 0 amide bonds. The van der Waals surface area contributed by atoms with Gasteiger partial charge in [-0.25, -0.2) is 0 Å². The zero-order valence-corrected chi connectivity index (χ0v) is 8.71. The Bertz CT molecular complexity index is 301. The molecule has 0 atom stereocenters. The Morgan fingerprint density at radius 1 is 1.50 bits per heavy atom. The van der Waals surface area contributed by atoms with Crippen LogP contribution in [0.25, 0.3) is 0 Å². The summed E-state index contributed by atoms with van der Waals surface area (Å²) in [4.78, 5) is 10.2. The maximum absolute atomic E-state index is 10.2. The van der Waals surface area contributed by atoms with Gasteiger partial charge in [-0.3, -0.25) is 4.79 Å². The van der Waals surface area contributed by atoms with E-state index < -0.39 is 5.97 Å². The number of hydrogen-bond donors (Lipinski definition) is 1. The summed E-state index contributed by atoms with van der Waals surface area (Å²) in [5, 5.41) is 16.0. The Kier molecular flexibility index (Phi) is 4.45. The van der Waals surface area contributed by atoms with E-state index >= 15 is 0 Å². The van der Waals surface area contributed by atoms with Gasteiger partial charge in [-0.1, -0.05) is 6.92 Å². The average Bonchev–Trinajstić information content (AvgIpc) is 2.53. The summed E-state index contributed by atoms with van der Waals surface area (Å²) in [6, 6.07) is 0. The zero-order valence-electron chi connectivity index (χ0n) is 7.89. The maximum atomic E-state index is 10.2. The number of carboxylic acids is 1. The molecule has 1 N–H and O–H groups in total. The standard InChI is InChI=1S/C8H12N2O3S/c1-2-3-6-9-10-7(13-6)4-14-5-8(11)12/h2-5H2,1H3,(H,11,12). The van der Waals surface area contributed by atoms with Crippen molar-refractivity contribution in [3.05, 3.63) is 11.8 Å². The van der Waals surface area contributed by atoms with Crippen LogP contribution in [0.15, 0.2) is 4.42 Å². The van der Waals surface area contributed by atoms with Crippen LogP contribution in [0.5, 0.6) is 0 Å². The largest absolute Gasteiger partial charge is 0.481 e. The maximum Gasteiger partial charge on any atom is 0.313 e. The Balaban J connectivity index is 2.32. The predicted molar refractivity (Wildman–Crippen MR) is 52.1 cm³/mol. The van der Waals surface area contributed by atoms with Crippen molar-refractivity contribution in [2.75, 3.05) is 5.75 Å². The van der Waals surface area contributed by atoms with Crippen molar-refractivity contribution < 1.29 is 14.3 Å². The molecule has 5 nitrogen and oxygen atoms in total.